The Morgan fingerprint density at radius 1 is 1.09 bits per heavy atom. The smallest absolute Gasteiger partial charge is 0.251 e. The Bertz CT molecular complexity index is 884. The Kier molecular flexibility index (Phi) is 3.19. The molecule has 2 aromatic carbocycles. The van der Waals surface area contributed by atoms with Crippen molar-refractivity contribution in [3.63, 3.8) is 0 Å². The van der Waals surface area contributed by atoms with Gasteiger partial charge in [0.1, 0.15) is 11.5 Å². The lowest BCUT2D eigenvalue weighted by molar-refractivity contribution is 0.0946. The average Bonchev–Trinajstić information content (AvgIpc) is 3.05. The third-order valence-corrected chi connectivity index (χ3v) is 3.98. The Hall–Kier alpha value is -2.95. The van der Waals surface area contributed by atoms with Crippen molar-refractivity contribution in [3.8, 4) is 22.6 Å². The molecule has 0 fully saturated rings. The van der Waals surface area contributed by atoms with E-state index < -0.39 is 0 Å². The number of nitrogens with one attached hydrogen (secondary N) is 1. The topological polar surface area (TPSA) is 55.1 Å². The minimum atomic E-state index is -0.297. The van der Waals surface area contributed by atoms with Gasteiger partial charge >= 0.3 is 0 Å². The number of oxazole rings is 1. The van der Waals surface area contributed by atoms with Crippen LogP contribution in [-0.4, -0.2) is 17.4 Å². The fourth-order valence-electron chi connectivity index (χ4n) is 2.83. The minimum Gasteiger partial charge on any atom is -0.443 e. The lowest BCUT2D eigenvalue weighted by Crippen LogP contribution is -2.31. The summed E-state index contributed by atoms with van der Waals surface area (Å²) in [7, 11) is 0. The fraction of sp³-hybridized carbons (Fsp3) is 0.111. The molecule has 3 aromatic rings. The Balaban J connectivity index is 1.79. The van der Waals surface area contributed by atoms with Crippen LogP contribution in [0, 0.1) is 5.82 Å². The summed E-state index contributed by atoms with van der Waals surface area (Å²) in [5.41, 5.74) is 4.03. The van der Waals surface area contributed by atoms with Gasteiger partial charge in [-0.05, 0) is 48.4 Å². The van der Waals surface area contributed by atoms with E-state index in [0.29, 0.717) is 23.6 Å². The summed E-state index contributed by atoms with van der Waals surface area (Å²) in [6.07, 6.45) is 2.17. The van der Waals surface area contributed by atoms with Crippen LogP contribution < -0.4 is 5.32 Å². The molecule has 0 spiro atoms. The van der Waals surface area contributed by atoms with Crippen molar-refractivity contribution < 1.29 is 13.6 Å². The van der Waals surface area contributed by atoms with Crippen molar-refractivity contribution in [2.24, 2.45) is 0 Å². The molecular formula is C18H13FN2O2. The first-order chi connectivity index (χ1) is 11.2. The fourth-order valence-corrected chi connectivity index (χ4v) is 2.83. The van der Waals surface area contributed by atoms with Crippen molar-refractivity contribution in [2.45, 2.75) is 6.42 Å². The van der Waals surface area contributed by atoms with Crippen LogP contribution in [0.2, 0.25) is 0 Å². The first kappa shape index (κ1) is 13.7. The van der Waals surface area contributed by atoms with Gasteiger partial charge in [0.2, 0.25) is 0 Å². The van der Waals surface area contributed by atoms with Gasteiger partial charge in [-0.25, -0.2) is 9.37 Å². The van der Waals surface area contributed by atoms with E-state index in [1.54, 1.807) is 12.1 Å². The highest BCUT2D eigenvalue weighted by atomic mass is 19.1. The van der Waals surface area contributed by atoms with Gasteiger partial charge in [0.15, 0.2) is 12.2 Å². The van der Waals surface area contributed by atoms with Crippen LogP contribution in [0.1, 0.15) is 15.9 Å². The molecule has 0 atom stereocenters. The molecule has 1 N–H and O–H groups in total. The third kappa shape index (κ3) is 2.40. The molecule has 1 amide bonds. The van der Waals surface area contributed by atoms with E-state index in [2.05, 4.69) is 10.3 Å². The van der Waals surface area contributed by atoms with Crippen molar-refractivity contribution in [3.05, 3.63) is 65.8 Å². The van der Waals surface area contributed by atoms with Crippen LogP contribution in [-0.2, 0) is 6.42 Å². The first-order valence-corrected chi connectivity index (χ1v) is 7.33. The lowest BCUT2D eigenvalue weighted by Gasteiger charge is -2.16. The minimum absolute atomic E-state index is 0.0447. The zero-order chi connectivity index (χ0) is 15.8. The number of amides is 1. The summed E-state index contributed by atoms with van der Waals surface area (Å²) < 4.78 is 18.6. The van der Waals surface area contributed by atoms with E-state index in [1.807, 2.05) is 18.2 Å². The van der Waals surface area contributed by atoms with Crippen molar-refractivity contribution in [1.29, 1.82) is 0 Å². The molecule has 5 heteroatoms. The van der Waals surface area contributed by atoms with E-state index in [1.165, 1.54) is 18.5 Å². The van der Waals surface area contributed by atoms with Crippen LogP contribution in [0.3, 0.4) is 0 Å². The van der Waals surface area contributed by atoms with Gasteiger partial charge in [0, 0.05) is 23.2 Å². The molecule has 0 saturated carbocycles. The molecule has 23 heavy (non-hydrogen) atoms. The maximum absolute atomic E-state index is 13.1. The molecule has 0 radical (unpaired) electrons. The summed E-state index contributed by atoms with van der Waals surface area (Å²) in [6, 6.07) is 11.7. The summed E-state index contributed by atoms with van der Waals surface area (Å²) in [5.74, 6) is 0.247. The number of benzene rings is 2. The second-order valence-electron chi connectivity index (χ2n) is 5.41. The number of carbonyl (C=O) groups is 1. The van der Waals surface area contributed by atoms with Crippen LogP contribution in [0.25, 0.3) is 22.6 Å². The van der Waals surface area contributed by atoms with E-state index in [-0.39, 0.29) is 11.7 Å². The molecule has 1 aliphatic heterocycles. The van der Waals surface area contributed by atoms with E-state index in [9.17, 15) is 9.18 Å². The van der Waals surface area contributed by atoms with Gasteiger partial charge < -0.3 is 9.73 Å². The summed E-state index contributed by atoms with van der Waals surface area (Å²) in [4.78, 5) is 16.1. The normalized spacial score (nSPS) is 13.5. The quantitative estimate of drug-likeness (QED) is 0.789. The van der Waals surface area contributed by atoms with E-state index in [0.717, 1.165) is 23.1 Å². The van der Waals surface area contributed by atoms with Crippen molar-refractivity contribution in [2.75, 3.05) is 6.54 Å². The van der Waals surface area contributed by atoms with Crippen molar-refractivity contribution in [1.82, 2.24) is 10.3 Å². The van der Waals surface area contributed by atoms with Gasteiger partial charge in [-0.1, -0.05) is 6.07 Å². The predicted molar refractivity (Wildman–Crippen MR) is 83.4 cm³/mol. The molecule has 2 heterocycles. The maximum atomic E-state index is 13.1. The van der Waals surface area contributed by atoms with E-state index in [4.69, 9.17) is 4.42 Å². The molecule has 0 bridgehead atoms. The van der Waals surface area contributed by atoms with Gasteiger partial charge in [-0.15, -0.1) is 0 Å². The standard InChI is InChI=1S/C18H13FN2O2/c19-14-4-1-11(2-5-14)17-16(21-10-23-17)13-3-6-15-12(9-13)7-8-20-18(15)22/h1-6,9-10H,7-8H2,(H,20,22). The van der Waals surface area contributed by atoms with Gasteiger partial charge in [-0.2, -0.15) is 0 Å². The Labute approximate surface area is 132 Å². The number of carbonyl (C=O) groups excluding carboxylic acids is 1. The molecule has 0 saturated heterocycles. The van der Waals surface area contributed by atoms with Gasteiger partial charge in [0.25, 0.3) is 5.91 Å². The zero-order valence-electron chi connectivity index (χ0n) is 12.2. The first-order valence-electron chi connectivity index (χ1n) is 7.33. The number of nitrogens with zero attached hydrogens (tertiary/aromatic N) is 1. The summed E-state index contributed by atoms with van der Waals surface area (Å²) in [6.45, 7) is 0.638. The number of halogens is 1. The molecule has 0 aliphatic carbocycles. The Morgan fingerprint density at radius 3 is 2.70 bits per heavy atom. The molecular weight excluding hydrogens is 295 g/mol. The van der Waals surface area contributed by atoms with Crippen LogP contribution in [0.15, 0.2) is 53.3 Å². The van der Waals surface area contributed by atoms with Gasteiger partial charge in [-0.3, -0.25) is 4.79 Å². The average molecular weight is 308 g/mol. The number of hydrogen-bond acceptors (Lipinski definition) is 3. The number of hydrogen-bond donors (Lipinski definition) is 1. The third-order valence-electron chi connectivity index (χ3n) is 3.98. The summed E-state index contributed by atoms with van der Waals surface area (Å²) in [5, 5.41) is 2.83. The number of aromatic nitrogens is 1. The van der Waals surface area contributed by atoms with E-state index >= 15 is 0 Å². The molecule has 1 aliphatic rings. The van der Waals surface area contributed by atoms with Crippen molar-refractivity contribution >= 4 is 5.91 Å². The second kappa shape index (κ2) is 5.35. The highest BCUT2D eigenvalue weighted by Crippen LogP contribution is 2.32. The Morgan fingerprint density at radius 2 is 1.87 bits per heavy atom. The molecule has 1 aromatic heterocycles. The largest absolute Gasteiger partial charge is 0.443 e. The number of fused-ring (bicyclic) bond motifs is 1. The SMILES string of the molecule is O=C1NCCc2cc(-c3ncoc3-c3ccc(F)cc3)ccc21. The monoisotopic (exact) mass is 308 g/mol. The van der Waals surface area contributed by atoms with Gasteiger partial charge in [0.05, 0.1) is 0 Å². The van der Waals surface area contributed by atoms with Crippen LogP contribution in [0.4, 0.5) is 4.39 Å². The molecule has 4 rings (SSSR count). The highest BCUT2D eigenvalue weighted by molar-refractivity contribution is 5.97. The molecule has 4 nitrogen and oxygen atoms in total. The van der Waals surface area contributed by atoms with Crippen LogP contribution >= 0.6 is 0 Å². The highest BCUT2D eigenvalue weighted by Gasteiger charge is 2.19. The lowest BCUT2D eigenvalue weighted by atomic mass is 9.96. The summed E-state index contributed by atoms with van der Waals surface area (Å²) >= 11 is 0. The molecule has 114 valence electrons. The number of rotatable bonds is 2. The van der Waals surface area contributed by atoms with Crippen LogP contribution in [0.5, 0.6) is 0 Å². The predicted octanol–water partition coefficient (Wildman–Crippen LogP) is 3.43. The zero-order valence-corrected chi connectivity index (χ0v) is 12.2. The second-order valence-corrected chi connectivity index (χ2v) is 5.41. The molecule has 0 unspecified atom stereocenters. The maximum Gasteiger partial charge on any atom is 0.251 e.